The minimum absolute atomic E-state index is 0.528. The first-order valence-corrected chi connectivity index (χ1v) is 4.64. The smallest absolute Gasteiger partial charge is 0.185 e. The van der Waals surface area contributed by atoms with Crippen molar-refractivity contribution in [1.82, 2.24) is 4.98 Å². The number of hydrogen-bond donors (Lipinski definition) is 0. The van der Waals surface area contributed by atoms with Crippen molar-refractivity contribution in [3.05, 3.63) is 11.1 Å². The Hall–Kier alpha value is -0.570. The van der Waals surface area contributed by atoms with E-state index in [1.54, 1.807) is 11.3 Å². The molecule has 1 aromatic rings. The van der Waals surface area contributed by atoms with E-state index in [0.717, 1.165) is 10.8 Å². The molecule has 11 heavy (non-hydrogen) atoms. The number of aromatic nitrogens is 1. The Morgan fingerprint density at radius 1 is 1.55 bits per heavy atom. The fraction of sp³-hybridized carbons (Fsp3) is 0.625. The summed E-state index contributed by atoms with van der Waals surface area (Å²) in [4.78, 5) is 6.55. The molecule has 1 heterocycles. The highest BCUT2D eigenvalue weighted by molar-refractivity contribution is 7.13. The van der Waals surface area contributed by atoms with Gasteiger partial charge in [-0.2, -0.15) is 0 Å². The monoisotopic (exact) mass is 170 g/mol. The van der Waals surface area contributed by atoms with Gasteiger partial charge < -0.3 is 4.90 Å². The summed E-state index contributed by atoms with van der Waals surface area (Å²) in [7, 11) is 2.07. The normalized spacial score (nSPS) is 10.6. The van der Waals surface area contributed by atoms with Crippen molar-refractivity contribution >= 4 is 16.5 Å². The van der Waals surface area contributed by atoms with Gasteiger partial charge in [-0.25, -0.2) is 4.98 Å². The summed E-state index contributed by atoms with van der Waals surface area (Å²) in [5.41, 5.74) is 1.11. The number of hydrogen-bond acceptors (Lipinski definition) is 3. The maximum absolute atomic E-state index is 4.38. The molecule has 0 aliphatic heterocycles. The van der Waals surface area contributed by atoms with Crippen LogP contribution in [0.5, 0.6) is 0 Å². The van der Waals surface area contributed by atoms with Crippen LogP contribution < -0.4 is 4.90 Å². The van der Waals surface area contributed by atoms with Gasteiger partial charge in [-0.15, -0.1) is 11.3 Å². The second-order valence-corrected chi connectivity index (χ2v) is 3.81. The first kappa shape index (κ1) is 8.53. The molecule has 0 amide bonds. The molecule has 0 atom stereocenters. The summed E-state index contributed by atoms with van der Waals surface area (Å²) in [5.74, 6) is 0. The zero-order valence-corrected chi connectivity index (χ0v) is 8.27. The molecule has 0 spiro atoms. The minimum atomic E-state index is 0.528. The molecule has 0 N–H and O–H groups in total. The Morgan fingerprint density at radius 3 is 2.55 bits per heavy atom. The molecule has 62 valence electrons. The summed E-state index contributed by atoms with van der Waals surface area (Å²) in [6.07, 6.45) is 0. The molecule has 3 heteroatoms. The minimum Gasteiger partial charge on any atom is -0.349 e. The van der Waals surface area contributed by atoms with Gasteiger partial charge in [0.1, 0.15) is 0 Å². The molecule has 2 nitrogen and oxygen atoms in total. The van der Waals surface area contributed by atoms with E-state index in [1.165, 1.54) is 0 Å². The Kier molecular flexibility index (Phi) is 2.49. The van der Waals surface area contributed by atoms with Crippen molar-refractivity contribution in [1.29, 1.82) is 0 Å². The van der Waals surface area contributed by atoms with Gasteiger partial charge in [-0.1, -0.05) is 0 Å². The van der Waals surface area contributed by atoms with E-state index in [0.29, 0.717) is 6.04 Å². The molecule has 0 aliphatic carbocycles. The molecular formula is C8H14N2S. The Bertz CT molecular complexity index is 230. The van der Waals surface area contributed by atoms with Crippen LogP contribution in [-0.2, 0) is 0 Å². The number of thiazole rings is 1. The fourth-order valence-corrected chi connectivity index (χ4v) is 1.63. The molecule has 0 bridgehead atoms. The van der Waals surface area contributed by atoms with E-state index in [1.807, 2.05) is 6.92 Å². The van der Waals surface area contributed by atoms with Gasteiger partial charge in [0, 0.05) is 18.5 Å². The van der Waals surface area contributed by atoms with Gasteiger partial charge in [0.05, 0.1) is 5.69 Å². The van der Waals surface area contributed by atoms with Gasteiger partial charge in [-0.3, -0.25) is 0 Å². The first-order valence-electron chi connectivity index (χ1n) is 3.76. The van der Waals surface area contributed by atoms with Crippen LogP contribution in [-0.4, -0.2) is 18.1 Å². The quantitative estimate of drug-likeness (QED) is 0.677. The summed E-state index contributed by atoms with van der Waals surface area (Å²) < 4.78 is 0. The summed E-state index contributed by atoms with van der Waals surface area (Å²) in [6.45, 7) is 6.35. The third-order valence-electron chi connectivity index (χ3n) is 1.68. The first-order chi connectivity index (χ1) is 5.11. The van der Waals surface area contributed by atoms with Crippen LogP contribution in [0.4, 0.5) is 5.13 Å². The molecule has 1 aromatic heterocycles. The van der Waals surface area contributed by atoms with E-state index in [2.05, 4.69) is 36.2 Å². The van der Waals surface area contributed by atoms with Crippen LogP contribution in [0.3, 0.4) is 0 Å². The van der Waals surface area contributed by atoms with Crippen molar-refractivity contribution in [2.45, 2.75) is 26.8 Å². The summed E-state index contributed by atoms with van der Waals surface area (Å²) in [5, 5.41) is 3.19. The summed E-state index contributed by atoms with van der Waals surface area (Å²) >= 11 is 1.70. The van der Waals surface area contributed by atoms with Gasteiger partial charge in [0.25, 0.3) is 0 Å². The van der Waals surface area contributed by atoms with Gasteiger partial charge in [-0.05, 0) is 20.8 Å². The lowest BCUT2D eigenvalue weighted by Gasteiger charge is -2.19. The van der Waals surface area contributed by atoms with Crippen molar-refractivity contribution in [3.63, 3.8) is 0 Å². The Labute approximate surface area is 71.9 Å². The number of aryl methyl sites for hydroxylation is 1. The largest absolute Gasteiger partial charge is 0.349 e. The van der Waals surface area contributed by atoms with Crippen LogP contribution in [0.2, 0.25) is 0 Å². The molecule has 0 aromatic carbocycles. The lowest BCUT2D eigenvalue weighted by atomic mass is 10.4. The molecule has 0 unspecified atom stereocenters. The van der Waals surface area contributed by atoms with Crippen LogP contribution >= 0.6 is 11.3 Å². The van der Waals surface area contributed by atoms with Gasteiger partial charge in [0.15, 0.2) is 5.13 Å². The SMILES string of the molecule is Cc1csc(N(C)C(C)C)n1. The average Bonchev–Trinajstić information content (AvgIpc) is 2.34. The van der Waals surface area contributed by atoms with Crippen LogP contribution in [0, 0.1) is 6.92 Å². The number of rotatable bonds is 2. The number of nitrogens with zero attached hydrogens (tertiary/aromatic N) is 2. The van der Waals surface area contributed by atoms with E-state index in [-0.39, 0.29) is 0 Å². The standard InChI is InChI=1S/C8H14N2S/c1-6(2)10(4)8-9-7(3)5-11-8/h5-6H,1-4H3. The predicted molar refractivity (Wildman–Crippen MR) is 50.4 cm³/mol. The van der Waals surface area contributed by atoms with E-state index in [4.69, 9.17) is 0 Å². The third-order valence-corrected chi connectivity index (χ3v) is 2.73. The molecule has 0 radical (unpaired) electrons. The number of anilines is 1. The maximum Gasteiger partial charge on any atom is 0.185 e. The van der Waals surface area contributed by atoms with Gasteiger partial charge >= 0.3 is 0 Å². The Morgan fingerprint density at radius 2 is 2.18 bits per heavy atom. The maximum atomic E-state index is 4.38. The van der Waals surface area contributed by atoms with Gasteiger partial charge in [0.2, 0.25) is 0 Å². The molecular weight excluding hydrogens is 156 g/mol. The third kappa shape index (κ3) is 1.93. The van der Waals surface area contributed by atoms with Crippen molar-refractivity contribution in [2.24, 2.45) is 0 Å². The lowest BCUT2D eigenvalue weighted by molar-refractivity contribution is 0.750. The highest BCUT2D eigenvalue weighted by Gasteiger charge is 2.07. The Balaban J connectivity index is 2.76. The average molecular weight is 170 g/mol. The van der Waals surface area contributed by atoms with Crippen LogP contribution in [0.25, 0.3) is 0 Å². The lowest BCUT2D eigenvalue weighted by Crippen LogP contribution is -2.25. The van der Waals surface area contributed by atoms with E-state index in [9.17, 15) is 0 Å². The molecule has 1 rings (SSSR count). The second-order valence-electron chi connectivity index (χ2n) is 2.98. The topological polar surface area (TPSA) is 16.1 Å². The molecule has 0 saturated heterocycles. The highest BCUT2D eigenvalue weighted by Crippen LogP contribution is 2.19. The molecule has 0 aliphatic rings. The van der Waals surface area contributed by atoms with Crippen LogP contribution in [0.15, 0.2) is 5.38 Å². The molecule has 0 fully saturated rings. The fourth-order valence-electron chi connectivity index (χ4n) is 0.724. The predicted octanol–water partition coefficient (Wildman–Crippen LogP) is 2.30. The second kappa shape index (κ2) is 3.22. The molecule has 0 saturated carbocycles. The van der Waals surface area contributed by atoms with E-state index >= 15 is 0 Å². The van der Waals surface area contributed by atoms with Crippen molar-refractivity contribution < 1.29 is 0 Å². The van der Waals surface area contributed by atoms with Crippen molar-refractivity contribution in [3.8, 4) is 0 Å². The summed E-state index contributed by atoms with van der Waals surface area (Å²) in [6, 6.07) is 0.528. The highest BCUT2D eigenvalue weighted by atomic mass is 32.1. The zero-order valence-electron chi connectivity index (χ0n) is 7.46. The van der Waals surface area contributed by atoms with Crippen molar-refractivity contribution in [2.75, 3.05) is 11.9 Å². The van der Waals surface area contributed by atoms with Crippen LogP contribution in [0.1, 0.15) is 19.5 Å². The van der Waals surface area contributed by atoms with E-state index < -0.39 is 0 Å². The zero-order chi connectivity index (χ0) is 8.43.